The zero-order chi connectivity index (χ0) is 24.1. The highest BCUT2D eigenvalue weighted by Gasteiger charge is 2.59. The predicted molar refractivity (Wildman–Crippen MR) is 135 cm³/mol. The van der Waals surface area contributed by atoms with Crippen molar-refractivity contribution >= 4 is 15.7 Å². The molecule has 1 spiro atoms. The molecular formula is C27H42N2O4S. The number of carbonyl (C=O) groups excluding carboxylic acids is 1. The van der Waals surface area contributed by atoms with E-state index in [-0.39, 0.29) is 16.2 Å². The van der Waals surface area contributed by atoms with Gasteiger partial charge in [-0.25, -0.2) is 8.42 Å². The average Bonchev–Trinajstić information content (AvgIpc) is 3.04. The number of hydrogen-bond donors (Lipinski definition) is 2. The monoisotopic (exact) mass is 490 g/mol. The third-order valence-electron chi connectivity index (χ3n) is 8.67. The van der Waals surface area contributed by atoms with Gasteiger partial charge in [-0.05, 0) is 93.6 Å². The van der Waals surface area contributed by atoms with E-state index >= 15 is 0 Å². The molecule has 0 aromatic heterocycles. The minimum absolute atomic E-state index is 0.0643. The van der Waals surface area contributed by atoms with Gasteiger partial charge in [-0.3, -0.25) is 4.79 Å². The Labute approximate surface area is 205 Å². The molecule has 1 unspecified atom stereocenters. The van der Waals surface area contributed by atoms with Gasteiger partial charge in [0.1, 0.15) is 5.75 Å². The lowest BCUT2D eigenvalue weighted by atomic mass is 9.77. The van der Waals surface area contributed by atoms with Crippen LogP contribution in [0.25, 0.3) is 0 Å². The number of carbonyl (C=O) groups is 1. The van der Waals surface area contributed by atoms with Gasteiger partial charge in [0.25, 0.3) is 0 Å². The Morgan fingerprint density at radius 1 is 1.03 bits per heavy atom. The van der Waals surface area contributed by atoms with E-state index in [0.717, 1.165) is 44.7 Å². The van der Waals surface area contributed by atoms with Crippen LogP contribution in [-0.4, -0.2) is 45.8 Å². The summed E-state index contributed by atoms with van der Waals surface area (Å²) in [7, 11) is -2.29. The van der Waals surface area contributed by atoms with E-state index in [2.05, 4.69) is 10.6 Å². The second-order valence-electron chi connectivity index (χ2n) is 10.8. The van der Waals surface area contributed by atoms with E-state index in [1.807, 2.05) is 0 Å². The molecule has 1 aromatic rings. The van der Waals surface area contributed by atoms with E-state index in [1.165, 1.54) is 44.9 Å². The van der Waals surface area contributed by atoms with Gasteiger partial charge in [0.15, 0.2) is 14.6 Å². The van der Waals surface area contributed by atoms with Gasteiger partial charge in [0.2, 0.25) is 5.91 Å². The zero-order valence-electron chi connectivity index (χ0n) is 20.7. The zero-order valence-corrected chi connectivity index (χ0v) is 21.6. The van der Waals surface area contributed by atoms with E-state index in [0.29, 0.717) is 25.2 Å². The van der Waals surface area contributed by atoms with Crippen LogP contribution in [0.2, 0.25) is 0 Å². The molecule has 1 saturated heterocycles. The molecule has 1 amide bonds. The van der Waals surface area contributed by atoms with Crippen LogP contribution in [0.4, 0.5) is 0 Å². The van der Waals surface area contributed by atoms with Gasteiger partial charge in [0, 0.05) is 7.05 Å². The van der Waals surface area contributed by atoms with Crippen molar-refractivity contribution in [3.8, 4) is 5.75 Å². The van der Waals surface area contributed by atoms with Crippen molar-refractivity contribution in [2.75, 3.05) is 26.7 Å². The number of sulfone groups is 1. The molecule has 2 saturated carbocycles. The normalized spacial score (nSPS) is 25.7. The lowest BCUT2D eigenvalue weighted by molar-refractivity contribution is -0.123. The molecule has 0 bridgehead atoms. The summed E-state index contributed by atoms with van der Waals surface area (Å²) >= 11 is 0. The third-order valence-corrected chi connectivity index (χ3v) is 11.1. The standard InChI is InChI=1S/C27H42N2O4S/c1-28-25(30)27(15-14-26(21-27)16-18-29-19-17-26)34(31,32)24-12-10-23(11-13-24)33-20-6-9-22-7-4-2-3-5-8-22/h10-13,22,29H,2-9,14-21H2,1H3,(H,28,30). The number of amides is 1. The smallest absolute Gasteiger partial charge is 0.241 e. The fourth-order valence-corrected chi connectivity index (χ4v) is 8.72. The SMILES string of the molecule is CNC(=O)C1(S(=O)(=O)c2ccc(OCCCC3CCCCCC3)cc2)CCC2(CCNCC2)C1. The number of ether oxygens (including phenoxy) is 1. The molecule has 1 aliphatic heterocycles. The summed E-state index contributed by atoms with van der Waals surface area (Å²) in [6, 6.07) is 6.72. The van der Waals surface area contributed by atoms with Crippen molar-refractivity contribution in [1.82, 2.24) is 10.6 Å². The van der Waals surface area contributed by atoms with Gasteiger partial charge in [-0.15, -0.1) is 0 Å². The van der Waals surface area contributed by atoms with Gasteiger partial charge < -0.3 is 15.4 Å². The molecule has 0 radical (unpaired) electrons. The van der Waals surface area contributed by atoms with Crippen molar-refractivity contribution in [3.05, 3.63) is 24.3 Å². The first-order valence-corrected chi connectivity index (χ1v) is 14.8. The Bertz CT molecular complexity index is 916. The number of piperidine rings is 1. The molecule has 1 atom stereocenters. The molecule has 1 aromatic carbocycles. The second-order valence-corrected chi connectivity index (χ2v) is 13.1. The third kappa shape index (κ3) is 5.30. The first kappa shape index (κ1) is 25.5. The Balaban J connectivity index is 1.40. The Morgan fingerprint density at radius 2 is 1.71 bits per heavy atom. The lowest BCUT2D eigenvalue weighted by Gasteiger charge is -2.36. The van der Waals surface area contributed by atoms with Gasteiger partial charge in [0.05, 0.1) is 11.5 Å². The fraction of sp³-hybridized carbons (Fsp3) is 0.741. The first-order valence-electron chi connectivity index (χ1n) is 13.3. The molecule has 34 heavy (non-hydrogen) atoms. The van der Waals surface area contributed by atoms with Crippen LogP contribution >= 0.6 is 0 Å². The topological polar surface area (TPSA) is 84.5 Å². The van der Waals surface area contributed by atoms with Crippen molar-refractivity contribution < 1.29 is 17.9 Å². The highest BCUT2D eigenvalue weighted by atomic mass is 32.2. The molecule has 2 aliphatic carbocycles. The minimum Gasteiger partial charge on any atom is -0.494 e. The molecular weight excluding hydrogens is 448 g/mol. The molecule has 7 heteroatoms. The van der Waals surface area contributed by atoms with Crippen LogP contribution in [-0.2, 0) is 14.6 Å². The van der Waals surface area contributed by atoms with Crippen LogP contribution in [0.3, 0.4) is 0 Å². The summed E-state index contributed by atoms with van der Waals surface area (Å²) in [5, 5.41) is 6.03. The molecule has 190 valence electrons. The Hall–Kier alpha value is -1.60. The minimum atomic E-state index is -3.83. The summed E-state index contributed by atoms with van der Waals surface area (Å²) in [6.45, 7) is 2.43. The largest absolute Gasteiger partial charge is 0.494 e. The maximum absolute atomic E-state index is 13.8. The second kappa shape index (κ2) is 11.0. The van der Waals surface area contributed by atoms with E-state index in [4.69, 9.17) is 4.74 Å². The van der Waals surface area contributed by atoms with Crippen LogP contribution < -0.4 is 15.4 Å². The summed E-state index contributed by atoms with van der Waals surface area (Å²) in [6.07, 6.45) is 13.8. The van der Waals surface area contributed by atoms with E-state index < -0.39 is 14.6 Å². The highest BCUT2D eigenvalue weighted by Crippen LogP contribution is 2.54. The van der Waals surface area contributed by atoms with Gasteiger partial charge in [-0.1, -0.05) is 38.5 Å². The van der Waals surface area contributed by atoms with Crippen molar-refractivity contribution in [3.63, 3.8) is 0 Å². The van der Waals surface area contributed by atoms with Crippen molar-refractivity contribution in [1.29, 1.82) is 0 Å². The number of benzene rings is 1. The molecule has 3 fully saturated rings. The Kier molecular flexibility index (Phi) is 8.24. The van der Waals surface area contributed by atoms with E-state index in [1.54, 1.807) is 31.3 Å². The van der Waals surface area contributed by atoms with Crippen LogP contribution in [0.15, 0.2) is 29.2 Å². The molecule has 2 N–H and O–H groups in total. The molecule has 3 aliphatic rings. The summed E-state index contributed by atoms with van der Waals surface area (Å²) < 4.78 is 32.2. The predicted octanol–water partition coefficient (Wildman–Crippen LogP) is 4.63. The fourth-order valence-electron chi connectivity index (χ4n) is 6.56. The maximum atomic E-state index is 13.8. The van der Waals surface area contributed by atoms with E-state index in [9.17, 15) is 13.2 Å². The van der Waals surface area contributed by atoms with Crippen molar-refractivity contribution in [2.24, 2.45) is 11.3 Å². The van der Waals surface area contributed by atoms with Gasteiger partial charge in [-0.2, -0.15) is 0 Å². The van der Waals surface area contributed by atoms with Crippen molar-refractivity contribution in [2.45, 2.75) is 93.1 Å². The van der Waals surface area contributed by atoms with Crippen LogP contribution in [0.1, 0.15) is 83.5 Å². The number of rotatable bonds is 8. The van der Waals surface area contributed by atoms with Gasteiger partial charge >= 0.3 is 0 Å². The molecule has 1 heterocycles. The molecule has 4 rings (SSSR count). The van der Waals surface area contributed by atoms with Crippen LogP contribution in [0, 0.1) is 11.3 Å². The highest BCUT2D eigenvalue weighted by molar-refractivity contribution is 7.93. The quantitative estimate of drug-likeness (QED) is 0.410. The molecule has 6 nitrogen and oxygen atoms in total. The van der Waals surface area contributed by atoms with Crippen LogP contribution in [0.5, 0.6) is 5.75 Å². The lowest BCUT2D eigenvalue weighted by Crippen LogP contribution is -2.51. The summed E-state index contributed by atoms with van der Waals surface area (Å²) in [4.78, 5) is 13.3. The summed E-state index contributed by atoms with van der Waals surface area (Å²) in [5.74, 6) is 1.14. The first-order chi connectivity index (χ1) is 16.4. The number of nitrogens with one attached hydrogen (secondary N) is 2. The average molecular weight is 491 g/mol. The maximum Gasteiger partial charge on any atom is 0.241 e. The summed E-state index contributed by atoms with van der Waals surface area (Å²) in [5.41, 5.74) is -0.0643. The Morgan fingerprint density at radius 3 is 2.35 bits per heavy atom. The number of hydrogen-bond acceptors (Lipinski definition) is 5.